The van der Waals surface area contributed by atoms with Crippen molar-refractivity contribution in [3.63, 3.8) is 0 Å². The molecule has 0 radical (unpaired) electrons. The van der Waals surface area contributed by atoms with Crippen LogP contribution >= 0.6 is 11.6 Å². The maximum absolute atomic E-state index is 13.3. The van der Waals surface area contributed by atoms with E-state index >= 15 is 0 Å². The average molecular weight is 419 g/mol. The van der Waals surface area contributed by atoms with Crippen molar-refractivity contribution in [1.29, 1.82) is 0 Å². The highest BCUT2D eigenvalue weighted by Gasteiger charge is 2.30. The normalized spacial score (nSPS) is 12.3. The number of nitrogens with zero attached hydrogens (tertiary/aromatic N) is 1. The molecule has 29 heavy (non-hydrogen) atoms. The molecule has 0 heterocycles. The SMILES string of the molecule is CC[C@H](C(=O)NC(C)(C)C)N(Cc1ccc(F)cc1)C(=O)Cc1ccc(Cl)cc1. The monoisotopic (exact) mass is 418 g/mol. The van der Waals surface area contributed by atoms with E-state index in [-0.39, 0.29) is 30.6 Å². The highest BCUT2D eigenvalue weighted by Crippen LogP contribution is 2.17. The molecule has 156 valence electrons. The Bertz CT molecular complexity index is 829. The number of nitrogens with one attached hydrogen (secondary N) is 1. The number of halogens is 2. The number of hydrogen-bond acceptors (Lipinski definition) is 2. The zero-order chi connectivity index (χ0) is 21.6. The Labute approximate surface area is 177 Å². The summed E-state index contributed by atoms with van der Waals surface area (Å²) >= 11 is 5.93. The first kappa shape index (κ1) is 22.9. The molecule has 4 nitrogen and oxygen atoms in total. The van der Waals surface area contributed by atoms with E-state index in [0.717, 1.165) is 11.1 Å². The average Bonchev–Trinajstić information content (AvgIpc) is 2.63. The van der Waals surface area contributed by atoms with Gasteiger partial charge in [-0.05, 0) is 62.6 Å². The number of hydrogen-bond donors (Lipinski definition) is 1. The van der Waals surface area contributed by atoms with E-state index in [1.807, 2.05) is 27.7 Å². The van der Waals surface area contributed by atoms with Gasteiger partial charge in [0.1, 0.15) is 11.9 Å². The van der Waals surface area contributed by atoms with E-state index in [1.54, 1.807) is 41.3 Å². The maximum atomic E-state index is 13.3. The summed E-state index contributed by atoms with van der Waals surface area (Å²) in [6.07, 6.45) is 0.618. The summed E-state index contributed by atoms with van der Waals surface area (Å²) in [6, 6.07) is 12.4. The molecule has 2 aromatic carbocycles. The number of rotatable bonds is 7. The van der Waals surface area contributed by atoms with Crippen molar-refractivity contribution in [1.82, 2.24) is 10.2 Å². The first-order valence-corrected chi connectivity index (χ1v) is 10.1. The smallest absolute Gasteiger partial charge is 0.243 e. The topological polar surface area (TPSA) is 49.4 Å². The Morgan fingerprint density at radius 1 is 1.03 bits per heavy atom. The minimum Gasteiger partial charge on any atom is -0.350 e. The first-order chi connectivity index (χ1) is 13.6. The van der Waals surface area contributed by atoms with Crippen LogP contribution < -0.4 is 5.32 Å². The van der Waals surface area contributed by atoms with Gasteiger partial charge in [-0.2, -0.15) is 0 Å². The van der Waals surface area contributed by atoms with Gasteiger partial charge in [-0.15, -0.1) is 0 Å². The molecule has 0 saturated heterocycles. The minimum atomic E-state index is -0.626. The summed E-state index contributed by atoms with van der Waals surface area (Å²) in [7, 11) is 0. The van der Waals surface area contributed by atoms with Crippen LogP contribution in [0.15, 0.2) is 48.5 Å². The molecule has 0 unspecified atom stereocenters. The van der Waals surface area contributed by atoms with Crippen molar-refractivity contribution in [2.24, 2.45) is 0 Å². The molecule has 0 aliphatic heterocycles. The third kappa shape index (κ3) is 7.17. The highest BCUT2D eigenvalue weighted by molar-refractivity contribution is 6.30. The lowest BCUT2D eigenvalue weighted by molar-refractivity contribution is -0.141. The predicted molar refractivity (Wildman–Crippen MR) is 114 cm³/mol. The van der Waals surface area contributed by atoms with Crippen LogP contribution in [0.25, 0.3) is 0 Å². The summed E-state index contributed by atoms with van der Waals surface area (Å²) in [5, 5.41) is 3.56. The van der Waals surface area contributed by atoms with Crippen LogP contribution in [0.2, 0.25) is 5.02 Å². The van der Waals surface area contributed by atoms with Gasteiger partial charge >= 0.3 is 0 Å². The fourth-order valence-electron chi connectivity index (χ4n) is 3.04. The van der Waals surface area contributed by atoms with Gasteiger partial charge in [-0.1, -0.05) is 42.8 Å². The van der Waals surface area contributed by atoms with E-state index in [9.17, 15) is 14.0 Å². The van der Waals surface area contributed by atoms with Gasteiger partial charge in [-0.25, -0.2) is 4.39 Å². The second kappa shape index (κ2) is 9.88. The fraction of sp³-hybridized carbons (Fsp3) is 0.391. The molecule has 2 rings (SSSR count). The quantitative estimate of drug-likeness (QED) is 0.705. The first-order valence-electron chi connectivity index (χ1n) is 9.69. The Balaban J connectivity index is 2.29. The van der Waals surface area contributed by atoms with Crippen LogP contribution in [0.3, 0.4) is 0 Å². The van der Waals surface area contributed by atoms with Crippen molar-refractivity contribution in [2.45, 2.75) is 58.7 Å². The van der Waals surface area contributed by atoms with Crippen molar-refractivity contribution < 1.29 is 14.0 Å². The Morgan fingerprint density at radius 2 is 1.59 bits per heavy atom. The van der Waals surface area contributed by atoms with E-state index in [1.165, 1.54) is 12.1 Å². The fourth-order valence-corrected chi connectivity index (χ4v) is 3.16. The number of carbonyl (C=O) groups excluding carboxylic acids is 2. The lowest BCUT2D eigenvalue weighted by Gasteiger charge is -2.33. The van der Waals surface area contributed by atoms with Gasteiger partial charge in [-0.3, -0.25) is 9.59 Å². The summed E-state index contributed by atoms with van der Waals surface area (Å²) in [6.45, 7) is 7.80. The zero-order valence-corrected chi connectivity index (χ0v) is 18.1. The van der Waals surface area contributed by atoms with E-state index in [0.29, 0.717) is 11.4 Å². The van der Waals surface area contributed by atoms with Crippen LogP contribution in [0, 0.1) is 5.82 Å². The lowest BCUT2D eigenvalue weighted by atomic mass is 10.0. The van der Waals surface area contributed by atoms with Crippen LogP contribution in [0.4, 0.5) is 4.39 Å². The Hall–Kier alpha value is -2.40. The van der Waals surface area contributed by atoms with Gasteiger partial charge in [0.25, 0.3) is 0 Å². The highest BCUT2D eigenvalue weighted by atomic mass is 35.5. The number of benzene rings is 2. The van der Waals surface area contributed by atoms with Gasteiger partial charge in [0, 0.05) is 17.1 Å². The van der Waals surface area contributed by atoms with Crippen molar-refractivity contribution in [2.75, 3.05) is 0 Å². The van der Waals surface area contributed by atoms with Gasteiger partial charge in [0.05, 0.1) is 6.42 Å². The third-order valence-corrected chi connectivity index (χ3v) is 4.67. The predicted octanol–water partition coefficient (Wildman–Crippen LogP) is 4.74. The molecule has 6 heteroatoms. The molecule has 2 aromatic rings. The molecular weight excluding hydrogens is 391 g/mol. The maximum Gasteiger partial charge on any atom is 0.243 e. The molecule has 0 aromatic heterocycles. The second-order valence-electron chi connectivity index (χ2n) is 8.11. The van der Waals surface area contributed by atoms with Crippen molar-refractivity contribution >= 4 is 23.4 Å². The summed E-state index contributed by atoms with van der Waals surface area (Å²) in [5.74, 6) is -0.718. The number of carbonyl (C=O) groups is 2. The number of amides is 2. The van der Waals surface area contributed by atoms with Crippen LogP contribution in [-0.4, -0.2) is 28.3 Å². The standard InChI is InChI=1S/C23H28ClFN2O2/c1-5-20(22(29)26-23(2,3)4)27(15-17-8-12-19(25)13-9-17)21(28)14-16-6-10-18(24)11-7-16/h6-13,20H,5,14-15H2,1-4H3,(H,26,29)/t20-/m1/s1. The summed E-state index contributed by atoms with van der Waals surface area (Å²) in [4.78, 5) is 27.6. The van der Waals surface area contributed by atoms with Crippen molar-refractivity contribution in [3.8, 4) is 0 Å². The Kier molecular flexibility index (Phi) is 7.80. The molecule has 0 fully saturated rings. The summed E-state index contributed by atoms with van der Waals surface area (Å²) in [5.41, 5.74) is 1.16. The largest absolute Gasteiger partial charge is 0.350 e. The van der Waals surface area contributed by atoms with Crippen LogP contribution in [-0.2, 0) is 22.6 Å². The molecule has 0 spiro atoms. The zero-order valence-electron chi connectivity index (χ0n) is 17.3. The van der Waals surface area contributed by atoms with Crippen LogP contribution in [0.1, 0.15) is 45.2 Å². The Morgan fingerprint density at radius 3 is 2.10 bits per heavy atom. The van der Waals surface area contributed by atoms with Crippen LogP contribution in [0.5, 0.6) is 0 Å². The molecule has 0 saturated carbocycles. The molecule has 1 atom stereocenters. The molecule has 0 bridgehead atoms. The summed E-state index contributed by atoms with van der Waals surface area (Å²) < 4.78 is 13.3. The van der Waals surface area contributed by atoms with Gasteiger partial charge < -0.3 is 10.2 Å². The molecule has 0 aliphatic carbocycles. The van der Waals surface area contributed by atoms with E-state index in [2.05, 4.69) is 5.32 Å². The molecule has 0 aliphatic rings. The second-order valence-corrected chi connectivity index (χ2v) is 8.55. The molecular formula is C23H28ClFN2O2. The van der Waals surface area contributed by atoms with Gasteiger partial charge in [0.2, 0.25) is 11.8 Å². The van der Waals surface area contributed by atoms with E-state index < -0.39 is 11.6 Å². The third-order valence-electron chi connectivity index (χ3n) is 4.42. The molecule has 2 amide bonds. The lowest BCUT2D eigenvalue weighted by Crippen LogP contribution is -2.53. The minimum absolute atomic E-state index is 0.150. The molecule has 1 N–H and O–H groups in total. The van der Waals surface area contributed by atoms with E-state index in [4.69, 9.17) is 11.6 Å². The van der Waals surface area contributed by atoms with Crippen molar-refractivity contribution in [3.05, 3.63) is 70.5 Å². The van der Waals surface area contributed by atoms with Gasteiger partial charge in [0.15, 0.2) is 0 Å².